The summed E-state index contributed by atoms with van der Waals surface area (Å²) in [7, 11) is 0. The van der Waals surface area contributed by atoms with E-state index in [1.807, 2.05) is 6.20 Å². The Morgan fingerprint density at radius 3 is 3.00 bits per heavy atom. The lowest BCUT2D eigenvalue weighted by Crippen LogP contribution is -2.08. The molecule has 1 N–H and O–H groups in total. The quantitative estimate of drug-likeness (QED) is 0.921. The van der Waals surface area contributed by atoms with Crippen LogP contribution in [0.2, 0.25) is 0 Å². The molecule has 6 heteroatoms. The van der Waals surface area contributed by atoms with Gasteiger partial charge in [0.25, 0.3) is 0 Å². The number of carboxylic acids is 1. The van der Waals surface area contributed by atoms with Gasteiger partial charge in [0.2, 0.25) is 0 Å². The highest BCUT2D eigenvalue weighted by Crippen LogP contribution is 2.13. The molecule has 0 saturated carbocycles. The molecule has 0 fully saturated rings. The Balaban J connectivity index is 1.90. The molecule has 0 bridgehead atoms. The second-order valence-electron chi connectivity index (χ2n) is 3.60. The van der Waals surface area contributed by atoms with E-state index in [4.69, 9.17) is 9.84 Å². The van der Waals surface area contributed by atoms with E-state index in [1.54, 1.807) is 23.0 Å². The molecule has 0 aliphatic carbocycles. The van der Waals surface area contributed by atoms with Crippen LogP contribution in [0.25, 0.3) is 0 Å². The van der Waals surface area contributed by atoms with E-state index in [2.05, 4.69) is 21.0 Å². The number of halogens is 1. The van der Waals surface area contributed by atoms with E-state index < -0.39 is 5.97 Å². The number of aromatic nitrogens is 2. The van der Waals surface area contributed by atoms with Crippen LogP contribution in [0.4, 0.5) is 0 Å². The monoisotopic (exact) mass is 310 g/mol. The van der Waals surface area contributed by atoms with Crippen molar-refractivity contribution in [2.24, 2.45) is 0 Å². The number of hydrogen-bond donors (Lipinski definition) is 1. The highest BCUT2D eigenvalue weighted by atomic mass is 79.9. The molecule has 0 radical (unpaired) electrons. The maximum atomic E-state index is 10.8. The number of aromatic carboxylic acids is 1. The number of carboxylic acid groups (broad SMARTS) is 1. The van der Waals surface area contributed by atoms with Crippen molar-refractivity contribution in [3.05, 3.63) is 46.7 Å². The first kappa shape index (κ1) is 12.6. The SMILES string of the molecule is O=C(O)c1cccc(OCCn2cc(Br)cn2)c1. The van der Waals surface area contributed by atoms with Gasteiger partial charge in [0.05, 0.1) is 22.8 Å². The topological polar surface area (TPSA) is 64.3 Å². The molecule has 94 valence electrons. The molecule has 0 aliphatic heterocycles. The van der Waals surface area contributed by atoms with Crippen LogP contribution in [0.15, 0.2) is 41.1 Å². The summed E-state index contributed by atoms with van der Waals surface area (Å²) >= 11 is 3.31. The van der Waals surface area contributed by atoms with Crippen LogP contribution < -0.4 is 4.74 Å². The van der Waals surface area contributed by atoms with E-state index in [1.165, 1.54) is 12.1 Å². The normalized spacial score (nSPS) is 10.3. The predicted molar refractivity (Wildman–Crippen MR) is 68.8 cm³/mol. The van der Waals surface area contributed by atoms with E-state index >= 15 is 0 Å². The summed E-state index contributed by atoms with van der Waals surface area (Å²) in [6.45, 7) is 1.03. The molecule has 1 heterocycles. The molecular formula is C12H11BrN2O3. The minimum absolute atomic E-state index is 0.217. The number of nitrogens with zero attached hydrogens (tertiary/aromatic N) is 2. The summed E-state index contributed by atoms with van der Waals surface area (Å²) in [5, 5.41) is 12.9. The van der Waals surface area contributed by atoms with Crippen LogP contribution in [0.1, 0.15) is 10.4 Å². The lowest BCUT2D eigenvalue weighted by Gasteiger charge is -2.06. The average molecular weight is 311 g/mol. The Hall–Kier alpha value is -1.82. The molecule has 2 rings (SSSR count). The molecule has 0 amide bonds. The smallest absolute Gasteiger partial charge is 0.335 e. The van der Waals surface area contributed by atoms with Gasteiger partial charge < -0.3 is 9.84 Å². The van der Waals surface area contributed by atoms with Crippen LogP contribution in [0.3, 0.4) is 0 Å². The zero-order valence-corrected chi connectivity index (χ0v) is 11.0. The molecule has 1 aromatic heterocycles. The third-order valence-corrected chi connectivity index (χ3v) is 2.68. The van der Waals surface area contributed by atoms with Crippen LogP contribution in [0, 0.1) is 0 Å². The Morgan fingerprint density at radius 2 is 2.33 bits per heavy atom. The number of ether oxygens (including phenoxy) is 1. The van der Waals surface area contributed by atoms with Gasteiger partial charge >= 0.3 is 5.97 Å². The minimum Gasteiger partial charge on any atom is -0.492 e. The lowest BCUT2D eigenvalue weighted by molar-refractivity contribution is 0.0696. The standard InChI is InChI=1S/C12H11BrN2O3/c13-10-7-14-15(8-10)4-5-18-11-3-1-2-9(6-11)12(16)17/h1-3,6-8H,4-5H2,(H,16,17). The maximum Gasteiger partial charge on any atom is 0.335 e. The van der Waals surface area contributed by atoms with Crippen molar-refractivity contribution < 1.29 is 14.6 Å². The van der Waals surface area contributed by atoms with Crippen LogP contribution in [-0.4, -0.2) is 27.5 Å². The minimum atomic E-state index is -0.962. The number of carbonyl (C=O) groups is 1. The van der Waals surface area contributed by atoms with Gasteiger partial charge in [-0.25, -0.2) is 4.79 Å². The van der Waals surface area contributed by atoms with E-state index in [0.717, 1.165) is 4.47 Å². The first-order valence-corrected chi connectivity index (χ1v) is 6.08. The summed E-state index contributed by atoms with van der Waals surface area (Å²) in [5.74, 6) is -0.419. The summed E-state index contributed by atoms with van der Waals surface area (Å²) in [4.78, 5) is 10.8. The van der Waals surface area contributed by atoms with Gasteiger partial charge in [0, 0.05) is 6.20 Å². The third kappa shape index (κ3) is 3.33. The van der Waals surface area contributed by atoms with E-state index in [9.17, 15) is 4.79 Å². The van der Waals surface area contributed by atoms with Crippen molar-refractivity contribution in [1.82, 2.24) is 9.78 Å². The number of benzene rings is 1. The molecule has 2 aromatic rings. The second-order valence-corrected chi connectivity index (χ2v) is 4.52. The Morgan fingerprint density at radius 1 is 1.50 bits per heavy atom. The van der Waals surface area contributed by atoms with Crippen LogP contribution in [0.5, 0.6) is 5.75 Å². The van der Waals surface area contributed by atoms with Gasteiger partial charge in [-0.1, -0.05) is 6.07 Å². The van der Waals surface area contributed by atoms with Crippen LogP contribution in [-0.2, 0) is 6.54 Å². The maximum absolute atomic E-state index is 10.8. The Bertz CT molecular complexity index is 554. The van der Waals surface area contributed by atoms with E-state index in [0.29, 0.717) is 18.9 Å². The molecule has 0 spiro atoms. The summed E-state index contributed by atoms with van der Waals surface area (Å²) in [5.41, 5.74) is 0.217. The Kier molecular flexibility index (Phi) is 3.99. The van der Waals surface area contributed by atoms with Gasteiger partial charge in [0.1, 0.15) is 12.4 Å². The van der Waals surface area contributed by atoms with Crippen LogP contribution >= 0.6 is 15.9 Å². The summed E-state index contributed by atoms with van der Waals surface area (Å²) in [6, 6.07) is 6.41. The molecule has 18 heavy (non-hydrogen) atoms. The highest BCUT2D eigenvalue weighted by molar-refractivity contribution is 9.10. The summed E-state index contributed by atoms with van der Waals surface area (Å²) in [6.07, 6.45) is 3.54. The fraction of sp³-hybridized carbons (Fsp3) is 0.167. The van der Waals surface area contributed by atoms with Crippen molar-refractivity contribution in [2.45, 2.75) is 6.54 Å². The van der Waals surface area contributed by atoms with Gasteiger partial charge in [-0.3, -0.25) is 4.68 Å². The molecule has 1 aromatic carbocycles. The first-order valence-electron chi connectivity index (χ1n) is 5.29. The zero-order chi connectivity index (χ0) is 13.0. The fourth-order valence-electron chi connectivity index (χ4n) is 1.44. The van der Waals surface area contributed by atoms with Gasteiger partial charge in [-0.2, -0.15) is 5.10 Å². The highest BCUT2D eigenvalue weighted by Gasteiger charge is 2.03. The average Bonchev–Trinajstić information content (AvgIpc) is 2.75. The Labute approximate surface area is 112 Å². The van der Waals surface area contributed by atoms with Crippen molar-refractivity contribution >= 4 is 21.9 Å². The third-order valence-electron chi connectivity index (χ3n) is 2.27. The zero-order valence-electron chi connectivity index (χ0n) is 9.41. The molecule has 0 aliphatic rings. The predicted octanol–water partition coefficient (Wildman–Crippen LogP) is 2.42. The molecular weight excluding hydrogens is 300 g/mol. The molecule has 5 nitrogen and oxygen atoms in total. The van der Waals surface area contributed by atoms with Crippen molar-refractivity contribution in [1.29, 1.82) is 0 Å². The van der Waals surface area contributed by atoms with Crippen molar-refractivity contribution in [3.63, 3.8) is 0 Å². The fourth-order valence-corrected chi connectivity index (χ4v) is 1.76. The molecule has 0 saturated heterocycles. The summed E-state index contributed by atoms with van der Waals surface area (Å²) < 4.78 is 8.12. The van der Waals surface area contributed by atoms with Crippen molar-refractivity contribution in [3.8, 4) is 5.75 Å². The van der Waals surface area contributed by atoms with Crippen molar-refractivity contribution in [2.75, 3.05) is 6.61 Å². The molecule has 0 atom stereocenters. The lowest BCUT2D eigenvalue weighted by atomic mass is 10.2. The first-order chi connectivity index (χ1) is 8.65. The number of rotatable bonds is 5. The largest absolute Gasteiger partial charge is 0.492 e. The van der Waals surface area contributed by atoms with Gasteiger partial charge in [0.15, 0.2) is 0 Å². The van der Waals surface area contributed by atoms with Gasteiger partial charge in [-0.15, -0.1) is 0 Å². The van der Waals surface area contributed by atoms with E-state index in [-0.39, 0.29) is 5.56 Å². The number of hydrogen-bond acceptors (Lipinski definition) is 3. The molecule has 0 unspecified atom stereocenters. The second kappa shape index (κ2) is 5.68. The van der Waals surface area contributed by atoms with Gasteiger partial charge in [-0.05, 0) is 34.1 Å².